The minimum absolute atomic E-state index is 0.356. The van der Waals surface area contributed by atoms with Gasteiger partial charge in [0, 0.05) is 36.8 Å². The molecule has 5 nitrogen and oxygen atoms in total. The first-order chi connectivity index (χ1) is 9.31. The van der Waals surface area contributed by atoms with E-state index in [0.29, 0.717) is 5.54 Å². The lowest BCUT2D eigenvalue weighted by atomic mass is 10.1. The van der Waals surface area contributed by atoms with E-state index in [0.717, 1.165) is 36.4 Å². The second-order valence-electron chi connectivity index (χ2n) is 5.54. The molecule has 4 rings (SSSR count). The first kappa shape index (κ1) is 11.1. The number of ether oxygens (including phenoxy) is 1. The van der Waals surface area contributed by atoms with Crippen LogP contribution in [-0.4, -0.2) is 42.3 Å². The van der Waals surface area contributed by atoms with Crippen LogP contribution < -0.4 is 15.0 Å². The number of rotatable bonds is 2. The van der Waals surface area contributed by atoms with Gasteiger partial charge >= 0.3 is 0 Å². The molecule has 5 heteroatoms. The fourth-order valence-electron chi connectivity index (χ4n) is 3.08. The van der Waals surface area contributed by atoms with Crippen LogP contribution in [0.15, 0.2) is 18.5 Å². The summed E-state index contributed by atoms with van der Waals surface area (Å²) in [4.78, 5) is 10.0. The van der Waals surface area contributed by atoms with Gasteiger partial charge in [-0.3, -0.25) is 0 Å². The molecule has 0 amide bonds. The Labute approximate surface area is 112 Å². The normalized spacial score (nSPS) is 21.0. The molecule has 0 atom stereocenters. The SMILES string of the molecule is COc1cnc2[nH]ccc2c1N1CCNC2(CC2)C1. The summed E-state index contributed by atoms with van der Waals surface area (Å²) in [5.41, 5.74) is 2.47. The Morgan fingerprint density at radius 1 is 1.42 bits per heavy atom. The maximum Gasteiger partial charge on any atom is 0.161 e. The fourth-order valence-corrected chi connectivity index (χ4v) is 3.08. The predicted octanol–water partition coefficient (Wildman–Crippen LogP) is 1.51. The van der Waals surface area contributed by atoms with Gasteiger partial charge in [-0.1, -0.05) is 0 Å². The quantitative estimate of drug-likeness (QED) is 0.857. The first-order valence-corrected chi connectivity index (χ1v) is 6.81. The number of methoxy groups -OCH3 is 1. The summed E-state index contributed by atoms with van der Waals surface area (Å²) in [5.74, 6) is 0.866. The highest BCUT2D eigenvalue weighted by atomic mass is 16.5. The molecule has 19 heavy (non-hydrogen) atoms. The topological polar surface area (TPSA) is 53.2 Å². The van der Waals surface area contributed by atoms with Crippen LogP contribution in [0.3, 0.4) is 0 Å². The van der Waals surface area contributed by atoms with Gasteiger partial charge in [-0.25, -0.2) is 4.98 Å². The smallest absolute Gasteiger partial charge is 0.161 e. The zero-order valence-corrected chi connectivity index (χ0v) is 11.1. The van der Waals surface area contributed by atoms with Gasteiger partial charge in [-0.05, 0) is 18.9 Å². The van der Waals surface area contributed by atoms with Crippen molar-refractivity contribution in [3.8, 4) is 5.75 Å². The van der Waals surface area contributed by atoms with Crippen LogP contribution in [0, 0.1) is 0 Å². The van der Waals surface area contributed by atoms with Crippen molar-refractivity contribution in [2.24, 2.45) is 0 Å². The van der Waals surface area contributed by atoms with E-state index < -0.39 is 0 Å². The molecular weight excluding hydrogens is 240 g/mol. The number of hydrogen-bond acceptors (Lipinski definition) is 4. The van der Waals surface area contributed by atoms with Crippen LogP contribution in [0.5, 0.6) is 5.75 Å². The third kappa shape index (κ3) is 1.69. The van der Waals surface area contributed by atoms with Crippen molar-refractivity contribution in [2.45, 2.75) is 18.4 Å². The van der Waals surface area contributed by atoms with Gasteiger partial charge in [0.15, 0.2) is 5.75 Å². The molecule has 2 aromatic rings. The number of nitrogens with zero attached hydrogens (tertiary/aromatic N) is 2. The van der Waals surface area contributed by atoms with Crippen molar-refractivity contribution >= 4 is 16.7 Å². The van der Waals surface area contributed by atoms with E-state index in [1.807, 2.05) is 12.4 Å². The van der Waals surface area contributed by atoms with Crippen LogP contribution in [0.25, 0.3) is 11.0 Å². The Kier molecular flexibility index (Phi) is 2.26. The van der Waals surface area contributed by atoms with Crippen molar-refractivity contribution in [1.82, 2.24) is 15.3 Å². The molecule has 0 bridgehead atoms. The molecule has 2 aliphatic rings. The minimum Gasteiger partial charge on any atom is -0.493 e. The monoisotopic (exact) mass is 258 g/mol. The van der Waals surface area contributed by atoms with E-state index in [4.69, 9.17) is 4.74 Å². The van der Waals surface area contributed by atoms with Gasteiger partial charge in [0.05, 0.1) is 19.0 Å². The molecule has 100 valence electrons. The van der Waals surface area contributed by atoms with E-state index in [9.17, 15) is 0 Å². The molecule has 2 fully saturated rings. The zero-order chi connectivity index (χ0) is 12.9. The van der Waals surface area contributed by atoms with Gasteiger partial charge in [-0.2, -0.15) is 0 Å². The lowest BCUT2D eigenvalue weighted by Gasteiger charge is -2.36. The molecule has 1 aliphatic heterocycles. The molecule has 0 aromatic carbocycles. The molecule has 1 aliphatic carbocycles. The van der Waals surface area contributed by atoms with Crippen LogP contribution >= 0.6 is 0 Å². The summed E-state index contributed by atoms with van der Waals surface area (Å²) in [7, 11) is 1.72. The molecule has 3 heterocycles. The van der Waals surface area contributed by atoms with Crippen LogP contribution in [0.4, 0.5) is 5.69 Å². The number of fused-ring (bicyclic) bond motifs is 1. The molecule has 2 aromatic heterocycles. The summed E-state index contributed by atoms with van der Waals surface area (Å²) >= 11 is 0. The molecule has 1 spiro atoms. The molecular formula is C14H18N4O. The van der Waals surface area contributed by atoms with Gasteiger partial charge < -0.3 is 19.9 Å². The summed E-state index contributed by atoms with van der Waals surface area (Å²) in [6.07, 6.45) is 6.33. The van der Waals surface area contributed by atoms with Gasteiger partial charge in [0.25, 0.3) is 0 Å². The van der Waals surface area contributed by atoms with Crippen LogP contribution in [0.1, 0.15) is 12.8 Å². The summed E-state index contributed by atoms with van der Waals surface area (Å²) < 4.78 is 5.53. The van der Waals surface area contributed by atoms with Gasteiger partial charge in [0.2, 0.25) is 0 Å². The second-order valence-corrected chi connectivity index (χ2v) is 5.54. The zero-order valence-electron chi connectivity index (χ0n) is 11.1. The highest BCUT2D eigenvalue weighted by molar-refractivity contribution is 5.93. The molecule has 0 unspecified atom stereocenters. The Bertz CT molecular complexity index is 617. The summed E-state index contributed by atoms with van der Waals surface area (Å²) in [6.45, 7) is 3.12. The van der Waals surface area contributed by atoms with Crippen LogP contribution in [-0.2, 0) is 0 Å². The van der Waals surface area contributed by atoms with Crippen molar-refractivity contribution in [3.05, 3.63) is 18.5 Å². The number of piperazine rings is 1. The maximum atomic E-state index is 5.53. The number of pyridine rings is 1. The number of H-pyrrole nitrogens is 1. The van der Waals surface area contributed by atoms with Crippen LogP contribution in [0.2, 0.25) is 0 Å². The number of aromatic amines is 1. The van der Waals surface area contributed by atoms with Crippen molar-refractivity contribution in [1.29, 1.82) is 0 Å². The third-order valence-electron chi connectivity index (χ3n) is 4.29. The summed E-state index contributed by atoms with van der Waals surface area (Å²) in [6, 6.07) is 2.09. The average molecular weight is 258 g/mol. The standard InChI is InChI=1S/C14H18N4O/c1-19-11-8-16-13-10(2-5-15-13)12(11)18-7-6-17-14(9-18)3-4-14/h2,5,8,17H,3-4,6-7,9H2,1H3,(H,15,16). The Hall–Kier alpha value is -1.75. The van der Waals surface area contributed by atoms with Crippen molar-refractivity contribution < 1.29 is 4.74 Å². The minimum atomic E-state index is 0.356. The first-order valence-electron chi connectivity index (χ1n) is 6.81. The molecule has 1 saturated carbocycles. The van der Waals surface area contributed by atoms with Gasteiger partial charge in [-0.15, -0.1) is 0 Å². The highest BCUT2D eigenvalue weighted by Gasteiger charge is 2.46. The molecule has 0 radical (unpaired) electrons. The van der Waals surface area contributed by atoms with Gasteiger partial charge in [0.1, 0.15) is 5.65 Å². The predicted molar refractivity (Wildman–Crippen MR) is 74.8 cm³/mol. The number of anilines is 1. The number of hydrogen-bond donors (Lipinski definition) is 2. The summed E-state index contributed by atoms with van der Waals surface area (Å²) in [5, 5.41) is 4.79. The van der Waals surface area contributed by atoms with Crippen molar-refractivity contribution in [2.75, 3.05) is 31.6 Å². The maximum absolute atomic E-state index is 5.53. The fraction of sp³-hybridized carbons (Fsp3) is 0.500. The lowest BCUT2D eigenvalue weighted by molar-refractivity contribution is 0.404. The van der Waals surface area contributed by atoms with E-state index >= 15 is 0 Å². The molecule has 2 N–H and O–H groups in total. The molecule has 1 saturated heterocycles. The van der Waals surface area contributed by atoms with E-state index in [-0.39, 0.29) is 0 Å². The average Bonchev–Trinajstić information content (AvgIpc) is 3.02. The Morgan fingerprint density at radius 2 is 2.32 bits per heavy atom. The number of nitrogens with one attached hydrogen (secondary N) is 2. The van der Waals surface area contributed by atoms with E-state index in [2.05, 4.69) is 26.3 Å². The van der Waals surface area contributed by atoms with E-state index in [1.165, 1.54) is 18.5 Å². The van der Waals surface area contributed by atoms with Crippen molar-refractivity contribution in [3.63, 3.8) is 0 Å². The Balaban J connectivity index is 1.81. The lowest BCUT2D eigenvalue weighted by Crippen LogP contribution is -2.52. The third-order valence-corrected chi connectivity index (χ3v) is 4.29. The largest absolute Gasteiger partial charge is 0.493 e. The Morgan fingerprint density at radius 3 is 3.11 bits per heavy atom. The second kappa shape index (κ2) is 3.87. The highest BCUT2D eigenvalue weighted by Crippen LogP contribution is 2.42. The number of aromatic nitrogens is 2. The van der Waals surface area contributed by atoms with E-state index in [1.54, 1.807) is 7.11 Å².